The number of fused-ring (bicyclic) bond motifs is 1. The summed E-state index contributed by atoms with van der Waals surface area (Å²) in [5, 5.41) is 4.78. The normalized spacial score (nSPS) is 11.1. The van der Waals surface area contributed by atoms with Crippen molar-refractivity contribution < 1.29 is 0 Å². The van der Waals surface area contributed by atoms with Gasteiger partial charge in [0.2, 0.25) is 0 Å². The van der Waals surface area contributed by atoms with Crippen LogP contribution in [0.2, 0.25) is 0 Å². The monoisotopic (exact) mass is 242 g/mol. The lowest BCUT2D eigenvalue weighted by Crippen LogP contribution is -2.14. The minimum atomic E-state index is 0.927. The van der Waals surface area contributed by atoms with E-state index < -0.39 is 0 Å². The second-order valence-electron chi connectivity index (χ2n) is 5.08. The van der Waals surface area contributed by atoms with Gasteiger partial charge in [-0.05, 0) is 57.0 Å². The van der Waals surface area contributed by atoms with Gasteiger partial charge in [0.25, 0.3) is 0 Å². The maximum absolute atomic E-state index is 4.68. The van der Waals surface area contributed by atoms with E-state index in [-0.39, 0.29) is 0 Å². The van der Waals surface area contributed by atoms with Crippen LogP contribution in [0.5, 0.6) is 0 Å². The standard InChI is InChI=1S/C16H22N2/c1-5-6-17-10-14-9-13(4)18-16-12(3)7-11(2)8-15(14)16/h7-9,17H,5-6,10H2,1-4H3. The van der Waals surface area contributed by atoms with Gasteiger partial charge in [-0.25, -0.2) is 0 Å². The summed E-state index contributed by atoms with van der Waals surface area (Å²) >= 11 is 0. The van der Waals surface area contributed by atoms with Crippen molar-refractivity contribution in [3.63, 3.8) is 0 Å². The average Bonchev–Trinajstić information content (AvgIpc) is 2.31. The van der Waals surface area contributed by atoms with Gasteiger partial charge in [0, 0.05) is 17.6 Å². The number of rotatable bonds is 4. The molecule has 0 atom stereocenters. The number of aryl methyl sites for hydroxylation is 3. The quantitative estimate of drug-likeness (QED) is 0.828. The van der Waals surface area contributed by atoms with Gasteiger partial charge >= 0.3 is 0 Å². The molecular weight excluding hydrogens is 220 g/mol. The minimum Gasteiger partial charge on any atom is -0.313 e. The molecule has 1 aromatic heterocycles. The SMILES string of the molecule is CCCNCc1cc(C)nc2c(C)cc(C)cc12. The molecule has 1 heterocycles. The molecule has 0 unspecified atom stereocenters. The van der Waals surface area contributed by atoms with E-state index in [0.29, 0.717) is 0 Å². The third-order valence-corrected chi connectivity index (χ3v) is 3.20. The molecule has 0 bridgehead atoms. The van der Waals surface area contributed by atoms with Crippen LogP contribution in [0.1, 0.15) is 35.7 Å². The number of hydrogen-bond donors (Lipinski definition) is 1. The van der Waals surface area contributed by atoms with E-state index >= 15 is 0 Å². The number of nitrogens with zero attached hydrogens (tertiary/aromatic N) is 1. The summed E-state index contributed by atoms with van der Waals surface area (Å²) < 4.78 is 0. The molecule has 0 radical (unpaired) electrons. The highest BCUT2D eigenvalue weighted by molar-refractivity contribution is 5.85. The van der Waals surface area contributed by atoms with Crippen molar-refractivity contribution in [2.75, 3.05) is 6.54 Å². The maximum Gasteiger partial charge on any atom is 0.0737 e. The smallest absolute Gasteiger partial charge is 0.0737 e. The molecule has 1 N–H and O–H groups in total. The summed E-state index contributed by atoms with van der Waals surface area (Å²) in [7, 11) is 0. The van der Waals surface area contributed by atoms with Crippen LogP contribution in [-0.4, -0.2) is 11.5 Å². The van der Waals surface area contributed by atoms with Crippen LogP contribution >= 0.6 is 0 Å². The molecule has 0 amide bonds. The molecule has 18 heavy (non-hydrogen) atoms. The van der Waals surface area contributed by atoms with E-state index in [2.05, 4.69) is 56.2 Å². The first kappa shape index (κ1) is 13.0. The highest BCUT2D eigenvalue weighted by atomic mass is 14.8. The highest BCUT2D eigenvalue weighted by Crippen LogP contribution is 2.23. The van der Waals surface area contributed by atoms with Crippen molar-refractivity contribution in [1.29, 1.82) is 0 Å². The molecular formula is C16H22N2. The summed E-state index contributed by atoms with van der Waals surface area (Å²) in [6.07, 6.45) is 1.17. The maximum atomic E-state index is 4.68. The van der Waals surface area contributed by atoms with E-state index in [1.54, 1.807) is 0 Å². The van der Waals surface area contributed by atoms with Crippen molar-refractivity contribution in [3.05, 3.63) is 40.6 Å². The third-order valence-electron chi connectivity index (χ3n) is 3.20. The van der Waals surface area contributed by atoms with Gasteiger partial charge in [-0.3, -0.25) is 4.98 Å². The zero-order chi connectivity index (χ0) is 13.1. The summed E-state index contributed by atoms with van der Waals surface area (Å²) in [4.78, 5) is 4.68. The molecule has 0 saturated heterocycles. The zero-order valence-electron chi connectivity index (χ0n) is 11.8. The van der Waals surface area contributed by atoms with Crippen molar-refractivity contribution in [2.45, 2.75) is 40.7 Å². The van der Waals surface area contributed by atoms with Crippen LogP contribution in [0.3, 0.4) is 0 Å². The van der Waals surface area contributed by atoms with Crippen molar-refractivity contribution in [2.24, 2.45) is 0 Å². The Bertz CT molecular complexity index is 559. The second-order valence-corrected chi connectivity index (χ2v) is 5.08. The number of pyridine rings is 1. The Hall–Kier alpha value is -1.41. The first-order valence-electron chi connectivity index (χ1n) is 6.70. The van der Waals surface area contributed by atoms with Gasteiger partial charge in [-0.15, -0.1) is 0 Å². The van der Waals surface area contributed by atoms with Crippen LogP contribution < -0.4 is 5.32 Å². The fourth-order valence-electron chi connectivity index (χ4n) is 2.44. The van der Waals surface area contributed by atoms with Gasteiger partial charge in [0.15, 0.2) is 0 Å². The Labute approximate surface area is 109 Å². The van der Waals surface area contributed by atoms with E-state index in [9.17, 15) is 0 Å². The molecule has 2 aromatic rings. The predicted molar refractivity (Wildman–Crippen MR) is 78.0 cm³/mol. The molecule has 0 aliphatic rings. The third kappa shape index (κ3) is 2.70. The first-order valence-corrected chi connectivity index (χ1v) is 6.70. The van der Waals surface area contributed by atoms with Crippen molar-refractivity contribution in [3.8, 4) is 0 Å². The van der Waals surface area contributed by atoms with Gasteiger partial charge in [0.05, 0.1) is 5.52 Å². The second kappa shape index (κ2) is 5.49. The Morgan fingerprint density at radius 3 is 2.61 bits per heavy atom. The number of hydrogen-bond acceptors (Lipinski definition) is 2. The Kier molecular flexibility index (Phi) is 3.97. The Balaban J connectivity index is 2.50. The summed E-state index contributed by atoms with van der Waals surface area (Å²) in [5.74, 6) is 0. The van der Waals surface area contributed by atoms with Crippen LogP contribution in [0, 0.1) is 20.8 Å². The predicted octanol–water partition coefficient (Wildman–Crippen LogP) is 3.66. The molecule has 0 spiro atoms. The molecule has 0 aliphatic carbocycles. The number of aromatic nitrogens is 1. The fraction of sp³-hybridized carbons (Fsp3) is 0.438. The van der Waals surface area contributed by atoms with Crippen LogP contribution in [0.25, 0.3) is 10.9 Å². The van der Waals surface area contributed by atoms with E-state index in [0.717, 1.165) is 24.3 Å². The Morgan fingerprint density at radius 2 is 1.89 bits per heavy atom. The van der Waals surface area contributed by atoms with Gasteiger partial charge in [0.1, 0.15) is 0 Å². The summed E-state index contributed by atoms with van der Waals surface area (Å²) in [6.45, 7) is 10.5. The first-order chi connectivity index (χ1) is 8.61. The van der Waals surface area contributed by atoms with Gasteiger partial charge in [-0.2, -0.15) is 0 Å². The molecule has 2 nitrogen and oxygen atoms in total. The lowest BCUT2D eigenvalue weighted by Gasteiger charge is -2.11. The lowest BCUT2D eigenvalue weighted by atomic mass is 10.0. The minimum absolute atomic E-state index is 0.927. The van der Waals surface area contributed by atoms with Crippen LogP contribution in [0.15, 0.2) is 18.2 Å². The van der Waals surface area contributed by atoms with E-state index in [1.165, 1.54) is 28.5 Å². The Morgan fingerprint density at radius 1 is 1.11 bits per heavy atom. The molecule has 1 aromatic carbocycles. The van der Waals surface area contributed by atoms with Crippen LogP contribution in [0.4, 0.5) is 0 Å². The lowest BCUT2D eigenvalue weighted by molar-refractivity contribution is 0.677. The molecule has 96 valence electrons. The van der Waals surface area contributed by atoms with E-state index in [4.69, 9.17) is 0 Å². The summed E-state index contributed by atoms with van der Waals surface area (Å²) in [6, 6.07) is 6.65. The largest absolute Gasteiger partial charge is 0.313 e. The van der Waals surface area contributed by atoms with Gasteiger partial charge in [-0.1, -0.05) is 18.6 Å². The average molecular weight is 242 g/mol. The van der Waals surface area contributed by atoms with Gasteiger partial charge < -0.3 is 5.32 Å². The molecule has 0 fully saturated rings. The number of benzene rings is 1. The highest BCUT2D eigenvalue weighted by Gasteiger charge is 2.06. The molecule has 0 aliphatic heterocycles. The van der Waals surface area contributed by atoms with Crippen molar-refractivity contribution >= 4 is 10.9 Å². The molecule has 2 rings (SSSR count). The summed E-state index contributed by atoms with van der Waals surface area (Å²) in [5.41, 5.74) is 6.18. The number of nitrogens with one attached hydrogen (secondary N) is 1. The van der Waals surface area contributed by atoms with Crippen LogP contribution in [-0.2, 0) is 6.54 Å². The van der Waals surface area contributed by atoms with E-state index in [1.807, 2.05) is 0 Å². The topological polar surface area (TPSA) is 24.9 Å². The zero-order valence-corrected chi connectivity index (χ0v) is 11.8. The fourth-order valence-corrected chi connectivity index (χ4v) is 2.44. The molecule has 2 heteroatoms. The molecule has 0 saturated carbocycles. The van der Waals surface area contributed by atoms with Crippen molar-refractivity contribution in [1.82, 2.24) is 10.3 Å².